The molecule has 0 saturated carbocycles. The van der Waals surface area contributed by atoms with E-state index in [1.165, 1.54) is 12.7 Å². The number of carbonyl (C=O) groups is 1. The molecule has 1 saturated heterocycles. The quantitative estimate of drug-likeness (QED) is 0.725. The first kappa shape index (κ1) is 15.6. The Morgan fingerprint density at radius 1 is 1.07 bits per heavy atom. The molecule has 0 radical (unpaired) electrons. The zero-order valence-electron chi connectivity index (χ0n) is 14.1. The second kappa shape index (κ2) is 6.24. The first-order valence-electron chi connectivity index (χ1n) is 8.39. The van der Waals surface area contributed by atoms with Crippen LogP contribution >= 0.6 is 0 Å². The van der Waals surface area contributed by atoms with Crippen molar-refractivity contribution in [3.8, 4) is 17.3 Å². The van der Waals surface area contributed by atoms with Gasteiger partial charge in [0.1, 0.15) is 24.8 Å². The standard InChI is InChI=1S/C17H15N7O3/c25-17(22-12-1-2-13-14(3-12)27-10-26-13)11-5-23(6-11)15-4-16(20-8-19-15)24-9-18-7-21-24/h1-4,7-9,11H,5-6,10H2,(H,22,25). The number of nitrogens with one attached hydrogen (secondary N) is 1. The van der Waals surface area contributed by atoms with Crippen molar-refractivity contribution in [1.29, 1.82) is 0 Å². The molecule has 1 amide bonds. The highest BCUT2D eigenvalue weighted by atomic mass is 16.7. The van der Waals surface area contributed by atoms with E-state index < -0.39 is 0 Å². The highest BCUT2D eigenvalue weighted by Crippen LogP contribution is 2.34. The number of amides is 1. The van der Waals surface area contributed by atoms with Gasteiger partial charge >= 0.3 is 0 Å². The number of anilines is 2. The zero-order chi connectivity index (χ0) is 18.2. The molecule has 2 aromatic heterocycles. The SMILES string of the molecule is O=C(Nc1ccc2c(c1)OCO2)C1CN(c2cc(-n3cncn3)ncn2)C1. The van der Waals surface area contributed by atoms with Gasteiger partial charge in [-0.1, -0.05) is 0 Å². The maximum absolute atomic E-state index is 12.5. The second-order valence-corrected chi connectivity index (χ2v) is 6.23. The summed E-state index contributed by atoms with van der Waals surface area (Å²) in [5.74, 6) is 2.57. The number of carbonyl (C=O) groups excluding carboxylic acids is 1. The van der Waals surface area contributed by atoms with Crippen molar-refractivity contribution in [2.75, 3.05) is 30.1 Å². The van der Waals surface area contributed by atoms with Gasteiger partial charge in [-0.3, -0.25) is 4.79 Å². The first-order chi connectivity index (χ1) is 13.3. The molecule has 1 N–H and O–H groups in total. The van der Waals surface area contributed by atoms with Crippen LogP contribution in [0.3, 0.4) is 0 Å². The molecule has 27 heavy (non-hydrogen) atoms. The number of aromatic nitrogens is 5. The van der Waals surface area contributed by atoms with Crippen molar-refractivity contribution in [2.45, 2.75) is 0 Å². The molecule has 5 rings (SSSR count). The van der Waals surface area contributed by atoms with Crippen molar-refractivity contribution in [3.63, 3.8) is 0 Å². The van der Waals surface area contributed by atoms with Gasteiger partial charge in [0.2, 0.25) is 12.7 Å². The van der Waals surface area contributed by atoms with Crippen molar-refractivity contribution in [3.05, 3.63) is 43.2 Å². The maximum Gasteiger partial charge on any atom is 0.231 e. The monoisotopic (exact) mass is 365 g/mol. The highest BCUT2D eigenvalue weighted by Gasteiger charge is 2.34. The van der Waals surface area contributed by atoms with E-state index in [1.807, 2.05) is 11.0 Å². The van der Waals surface area contributed by atoms with Gasteiger partial charge in [0.05, 0.1) is 5.92 Å². The zero-order valence-corrected chi connectivity index (χ0v) is 14.1. The molecule has 10 nitrogen and oxygen atoms in total. The van der Waals surface area contributed by atoms with Gasteiger partial charge in [-0.25, -0.2) is 19.6 Å². The average molecular weight is 365 g/mol. The van der Waals surface area contributed by atoms with Gasteiger partial charge in [-0.15, -0.1) is 0 Å². The number of benzene rings is 1. The Labute approximate surface area is 153 Å². The Morgan fingerprint density at radius 3 is 2.78 bits per heavy atom. The van der Waals surface area contributed by atoms with Crippen LogP contribution in [0.15, 0.2) is 43.2 Å². The summed E-state index contributed by atoms with van der Waals surface area (Å²) in [5.41, 5.74) is 0.693. The van der Waals surface area contributed by atoms with Gasteiger partial charge in [0.15, 0.2) is 17.3 Å². The van der Waals surface area contributed by atoms with E-state index >= 15 is 0 Å². The predicted octanol–water partition coefficient (Wildman–Crippen LogP) is 0.861. The average Bonchev–Trinajstić information content (AvgIpc) is 3.32. The minimum absolute atomic E-state index is 0.0318. The van der Waals surface area contributed by atoms with E-state index in [2.05, 4.69) is 25.4 Å². The molecule has 3 aromatic rings. The number of fused-ring (bicyclic) bond motifs is 1. The third kappa shape index (κ3) is 2.90. The Kier molecular flexibility index (Phi) is 3.59. The minimum atomic E-state index is -0.111. The van der Waals surface area contributed by atoms with E-state index in [4.69, 9.17) is 9.47 Å². The summed E-state index contributed by atoms with van der Waals surface area (Å²) in [5, 5.41) is 6.98. The van der Waals surface area contributed by atoms with E-state index in [-0.39, 0.29) is 18.6 Å². The van der Waals surface area contributed by atoms with Gasteiger partial charge in [-0.2, -0.15) is 5.10 Å². The van der Waals surface area contributed by atoms with Crippen LogP contribution in [0.4, 0.5) is 11.5 Å². The third-order valence-electron chi connectivity index (χ3n) is 4.51. The van der Waals surface area contributed by atoms with Crippen LogP contribution in [0.25, 0.3) is 5.82 Å². The fourth-order valence-corrected chi connectivity index (χ4v) is 3.01. The molecule has 0 bridgehead atoms. The normalized spacial score (nSPS) is 15.5. The third-order valence-corrected chi connectivity index (χ3v) is 4.51. The topological polar surface area (TPSA) is 107 Å². The summed E-state index contributed by atoms with van der Waals surface area (Å²) in [4.78, 5) is 26.9. The summed E-state index contributed by atoms with van der Waals surface area (Å²) in [6.45, 7) is 1.38. The van der Waals surface area contributed by atoms with Crippen molar-refractivity contribution in [2.24, 2.45) is 5.92 Å². The molecule has 0 unspecified atom stereocenters. The molecule has 4 heterocycles. The van der Waals surface area contributed by atoms with E-state index in [0.717, 1.165) is 5.82 Å². The number of ether oxygens (including phenoxy) is 2. The lowest BCUT2D eigenvalue weighted by Gasteiger charge is -2.39. The lowest BCUT2D eigenvalue weighted by Crippen LogP contribution is -2.52. The molecule has 1 fully saturated rings. The Bertz CT molecular complexity index is 986. The van der Waals surface area contributed by atoms with Crippen LogP contribution in [0.5, 0.6) is 11.5 Å². The molecule has 0 aliphatic carbocycles. The van der Waals surface area contributed by atoms with Crippen LogP contribution in [0, 0.1) is 5.92 Å². The Balaban J connectivity index is 1.22. The molecule has 2 aliphatic rings. The Morgan fingerprint density at radius 2 is 1.93 bits per heavy atom. The second-order valence-electron chi connectivity index (χ2n) is 6.23. The van der Waals surface area contributed by atoms with Crippen LogP contribution < -0.4 is 19.7 Å². The van der Waals surface area contributed by atoms with Gasteiger partial charge < -0.3 is 19.7 Å². The van der Waals surface area contributed by atoms with Gasteiger partial charge in [-0.05, 0) is 12.1 Å². The molecular weight excluding hydrogens is 350 g/mol. The molecular formula is C17H15N7O3. The van der Waals surface area contributed by atoms with E-state index in [1.54, 1.807) is 29.2 Å². The summed E-state index contributed by atoms with van der Waals surface area (Å²) in [6.07, 6.45) is 4.50. The van der Waals surface area contributed by atoms with Crippen LogP contribution in [0.2, 0.25) is 0 Å². The van der Waals surface area contributed by atoms with Gasteiger partial charge in [0.25, 0.3) is 0 Å². The summed E-state index contributed by atoms with van der Waals surface area (Å²) in [7, 11) is 0. The van der Waals surface area contributed by atoms with E-state index in [9.17, 15) is 4.79 Å². The largest absolute Gasteiger partial charge is 0.454 e. The first-order valence-corrected chi connectivity index (χ1v) is 8.39. The number of rotatable bonds is 4. The lowest BCUT2D eigenvalue weighted by atomic mass is 9.99. The molecule has 1 aromatic carbocycles. The number of hydrogen-bond donors (Lipinski definition) is 1. The van der Waals surface area contributed by atoms with Gasteiger partial charge in [0, 0.05) is 30.9 Å². The number of nitrogens with zero attached hydrogens (tertiary/aromatic N) is 6. The molecule has 136 valence electrons. The fraction of sp³-hybridized carbons (Fsp3) is 0.235. The predicted molar refractivity (Wildman–Crippen MR) is 93.8 cm³/mol. The van der Waals surface area contributed by atoms with Crippen molar-refractivity contribution >= 4 is 17.4 Å². The number of hydrogen-bond acceptors (Lipinski definition) is 8. The Hall–Kier alpha value is -3.69. The highest BCUT2D eigenvalue weighted by molar-refractivity contribution is 5.94. The van der Waals surface area contributed by atoms with Crippen LogP contribution in [0.1, 0.15) is 0 Å². The maximum atomic E-state index is 12.5. The summed E-state index contributed by atoms with van der Waals surface area (Å²) < 4.78 is 12.2. The van der Waals surface area contributed by atoms with Crippen LogP contribution in [-0.4, -0.2) is 50.5 Å². The smallest absolute Gasteiger partial charge is 0.231 e. The fourth-order valence-electron chi connectivity index (χ4n) is 3.01. The van der Waals surface area contributed by atoms with Crippen LogP contribution in [-0.2, 0) is 4.79 Å². The summed E-state index contributed by atoms with van der Waals surface area (Å²) in [6, 6.07) is 7.18. The van der Waals surface area contributed by atoms with Crippen molar-refractivity contribution < 1.29 is 14.3 Å². The molecule has 0 spiro atoms. The molecule has 2 aliphatic heterocycles. The molecule has 0 atom stereocenters. The summed E-state index contributed by atoms with van der Waals surface area (Å²) >= 11 is 0. The minimum Gasteiger partial charge on any atom is -0.454 e. The molecule has 10 heteroatoms. The van der Waals surface area contributed by atoms with Crippen molar-refractivity contribution in [1.82, 2.24) is 24.7 Å². The lowest BCUT2D eigenvalue weighted by molar-refractivity contribution is -0.120. The van der Waals surface area contributed by atoms with E-state index in [0.29, 0.717) is 36.1 Å².